The highest BCUT2D eigenvalue weighted by Crippen LogP contribution is 2.28. The van der Waals surface area contributed by atoms with Gasteiger partial charge in [-0.1, -0.05) is 11.6 Å². The first kappa shape index (κ1) is 10.2. The van der Waals surface area contributed by atoms with Crippen molar-refractivity contribution in [1.29, 1.82) is 0 Å². The van der Waals surface area contributed by atoms with Crippen molar-refractivity contribution in [2.24, 2.45) is 5.90 Å². The van der Waals surface area contributed by atoms with Gasteiger partial charge in [0.15, 0.2) is 0 Å². The summed E-state index contributed by atoms with van der Waals surface area (Å²) < 4.78 is 12.8. The number of rotatable bonds is 3. The highest BCUT2D eigenvalue weighted by molar-refractivity contribution is 6.32. The van der Waals surface area contributed by atoms with Crippen LogP contribution >= 0.6 is 11.6 Å². The van der Waals surface area contributed by atoms with Crippen LogP contribution in [0, 0.1) is 5.82 Å². The summed E-state index contributed by atoms with van der Waals surface area (Å²) >= 11 is 5.54. The number of nitrogens with two attached hydrogens (primary N) is 1. The summed E-state index contributed by atoms with van der Waals surface area (Å²) in [6, 6.07) is 2.24. The molecule has 1 rings (SSSR count). The van der Waals surface area contributed by atoms with E-state index in [2.05, 4.69) is 4.84 Å². The minimum absolute atomic E-state index is 0.00739. The molecule has 0 heterocycles. The molecule has 0 aromatic heterocycles. The van der Waals surface area contributed by atoms with Crippen LogP contribution < -0.4 is 5.90 Å². The smallest absolute Gasteiger partial charge is 0.137 e. The maximum atomic E-state index is 12.8. The largest absolute Gasteiger partial charge is 0.506 e. The van der Waals surface area contributed by atoms with Crippen molar-refractivity contribution in [3.63, 3.8) is 0 Å². The molecule has 1 aromatic carbocycles. The molecule has 0 bridgehead atoms. The van der Waals surface area contributed by atoms with E-state index in [9.17, 15) is 9.50 Å². The van der Waals surface area contributed by atoms with E-state index in [0.717, 1.165) is 6.07 Å². The van der Waals surface area contributed by atoms with Gasteiger partial charge in [0.1, 0.15) is 11.6 Å². The molecular weight excluding hydrogens is 197 g/mol. The van der Waals surface area contributed by atoms with Gasteiger partial charge in [-0.25, -0.2) is 10.3 Å². The Labute approximate surface area is 79.8 Å². The zero-order valence-electron chi connectivity index (χ0n) is 6.76. The van der Waals surface area contributed by atoms with Crippen molar-refractivity contribution in [3.05, 3.63) is 28.5 Å². The van der Waals surface area contributed by atoms with Gasteiger partial charge in [0.2, 0.25) is 0 Å². The summed E-state index contributed by atoms with van der Waals surface area (Å²) in [5.41, 5.74) is 0.385. The van der Waals surface area contributed by atoms with E-state index in [1.807, 2.05) is 0 Å². The van der Waals surface area contributed by atoms with Crippen LogP contribution in [-0.2, 0) is 11.3 Å². The molecule has 3 nitrogen and oxygen atoms in total. The van der Waals surface area contributed by atoms with Gasteiger partial charge >= 0.3 is 0 Å². The Bertz CT molecular complexity index is 306. The van der Waals surface area contributed by atoms with Crippen LogP contribution in [0.3, 0.4) is 0 Å². The topological polar surface area (TPSA) is 55.5 Å². The summed E-state index contributed by atoms with van der Waals surface area (Å²) in [5, 5.41) is 9.35. The van der Waals surface area contributed by atoms with Crippen molar-refractivity contribution < 1.29 is 14.3 Å². The van der Waals surface area contributed by atoms with E-state index in [-0.39, 0.29) is 17.4 Å². The first-order valence-corrected chi connectivity index (χ1v) is 4.01. The Morgan fingerprint density at radius 1 is 1.54 bits per heavy atom. The molecule has 0 radical (unpaired) electrons. The average molecular weight is 206 g/mol. The SMILES string of the molecule is NOCCc1cc(F)cc(Cl)c1O. The van der Waals surface area contributed by atoms with Gasteiger partial charge in [-0.15, -0.1) is 0 Å². The second kappa shape index (κ2) is 4.41. The number of aromatic hydroxyl groups is 1. The van der Waals surface area contributed by atoms with Gasteiger partial charge in [-0.3, -0.25) is 0 Å². The fourth-order valence-electron chi connectivity index (χ4n) is 0.979. The van der Waals surface area contributed by atoms with Crippen molar-refractivity contribution in [1.82, 2.24) is 0 Å². The molecular formula is C8H9ClFNO2. The van der Waals surface area contributed by atoms with E-state index in [1.165, 1.54) is 6.07 Å². The van der Waals surface area contributed by atoms with Crippen LogP contribution in [0.2, 0.25) is 5.02 Å². The molecule has 0 aliphatic rings. The summed E-state index contributed by atoms with van der Waals surface area (Å²) in [6.45, 7) is 0.202. The van der Waals surface area contributed by atoms with E-state index < -0.39 is 5.82 Å². The molecule has 3 N–H and O–H groups in total. The molecule has 0 saturated heterocycles. The summed E-state index contributed by atoms with van der Waals surface area (Å²) in [7, 11) is 0. The first-order valence-electron chi connectivity index (χ1n) is 3.63. The number of hydrogen-bond donors (Lipinski definition) is 2. The van der Waals surface area contributed by atoms with Crippen molar-refractivity contribution in [2.75, 3.05) is 6.61 Å². The molecule has 0 amide bonds. The number of phenolic OH excluding ortho intramolecular Hbond substituents is 1. The lowest BCUT2D eigenvalue weighted by molar-refractivity contribution is 0.140. The fraction of sp³-hybridized carbons (Fsp3) is 0.250. The molecule has 5 heteroatoms. The normalized spacial score (nSPS) is 10.4. The van der Waals surface area contributed by atoms with Gasteiger partial charge in [0.05, 0.1) is 11.6 Å². The summed E-state index contributed by atoms with van der Waals surface area (Å²) in [5.74, 6) is 4.18. The average Bonchev–Trinajstić information content (AvgIpc) is 2.09. The lowest BCUT2D eigenvalue weighted by Gasteiger charge is -2.05. The molecule has 0 saturated carbocycles. The van der Waals surface area contributed by atoms with Crippen molar-refractivity contribution >= 4 is 11.6 Å². The predicted octanol–water partition coefficient (Wildman–Crippen LogP) is 1.62. The highest BCUT2D eigenvalue weighted by atomic mass is 35.5. The third-order valence-corrected chi connectivity index (χ3v) is 1.88. The monoisotopic (exact) mass is 205 g/mol. The summed E-state index contributed by atoms with van der Waals surface area (Å²) in [4.78, 5) is 4.30. The number of benzene rings is 1. The van der Waals surface area contributed by atoms with E-state index >= 15 is 0 Å². The van der Waals surface area contributed by atoms with E-state index in [4.69, 9.17) is 17.5 Å². The predicted molar refractivity (Wildman–Crippen MR) is 46.9 cm³/mol. The molecule has 0 atom stereocenters. The minimum atomic E-state index is -0.491. The van der Waals surface area contributed by atoms with Crippen molar-refractivity contribution in [3.8, 4) is 5.75 Å². The van der Waals surface area contributed by atoms with E-state index in [0.29, 0.717) is 12.0 Å². The molecule has 0 fully saturated rings. The van der Waals surface area contributed by atoms with Gasteiger partial charge in [-0.2, -0.15) is 0 Å². The third-order valence-electron chi connectivity index (χ3n) is 1.60. The standard InChI is InChI=1S/C8H9ClFNO2/c9-7-4-6(10)3-5(8(7)12)1-2-13-11/h3-4,12H,1-2,11H2. The fourth-order valence-corrected chi connectivity index (χ4v) is 1.20. The zero-order valence-corrected chi connectivity index (χ0v) is 7.51. The zero-order chi connectivity index (χ0) is 9.84. The highest BCUT2D eigenvalue weighted by Gasteiger charge is 2.07. The maximum Gasteiger partial charge on any atom is 0.137 e. The number of halogens is 2. The van der Waals surface area contributed by atoms with Gasteiger partial charge in [-0.05, 0) is 12.1 Å². The van der Waals surface area contributed by atoms with Gasteiger partial charge < -0.3 is 9.94 Å². The van der Waals surface area contributed by atoms with Crippen LogP contribution in [0.25, 0.3) is 0 Å². The van der Waals surface area contributed by atoms with Crippen LogP contribution in [0.5, 0.6) is 5.75 Å². The molecule has 0 unspecified atom stereocenters. The third kappa shape index (κ3) is 2.55. The van der Waals surface area contributed by atoms with Crippen LogP contribution in [0.4, 0.5) is 4.39 Å². The molecule has 0 aliphatic carbocycles. The Kier molecular flexibility index (Phi) is 3.48. The molecule has 0 spiro atoms. The molecule has 1 aromatic rings. The van der Waals surface area contributed by atoms with Gasteiger partial charge in [0.25, 0.3) is 0 Å². The maximum absolute atomic E-state index is 12.8. The lowest BCUT2D eigenvalue weighted by atomic mass is 10.1. The van der Waals surface area contributed by atoms with Gasteiger partial charge in [0, 0.05) is 12.0 Å². The Morgan fingerprint density at radius 3 is 2.85 bits per heavy atom. The lowest BCUT2D eigenvalue weighted by Crippen LogP contribution is -2.04. The summed E-state index contributed by atoms with van der Waals surface area (Å²) in [6.07, 6.45) is 0.319. The Hall–Kier alpha value is -0.840. The van der Waals surface area contributed by atoms with Crippen LogP contribution in [0.1, 0.15) is 5.56 Å². The molecule has 72 valence electrons. The second-order valence-corrected chi connectivity index (χ2v) is 2.92. The second-order valence-electron chi connectivity index (χ2n) is 2.52. The van der Waals surface area contributed by atoms with Crippen LogP contribution in [0.15, 0.2) is 12.1 Å². The minimum Gasteiger partial charge on any atom is -0.506 e. The molecule has 0 aliphatic heterocycles. The van der Waals surface area contributed by atoms with E-state index in [1.54, 1.807) is 0 Å². The van der Waals surface area contributed by atoms with Crippen molar-refractivity contribution in [2.45, 2.75) is 6.42 Å². The number of hydrogen-bond acceptors (Lipinski definition) is 3. The first-order chi connectivity index (χ1) is 6.15. The number of phenols is 1. The Balaban J connectivity index is 2.92. The quantitative estimate of drug-likeness (QED) is 0.738. The molecule has 13 heavy (non-hydrogen) atoms. The van der Waals surface area contributed by atoms with Crippen LogP contribution in [-0.4, -0.2) is 11.7 Å². The Morgan fingerprint density at radius 2 is 2.23 bits per heavy atom.